The molecule has 0 fully saturated rings. The molecule has 0 unspecified atom stereocenters. The lowest BCUT2D eigenvalue weighted by molar-refractivity contribution is 0.794. The van der Waals surface area contributed by atoms with Crippen LogP contribution in [0.5, 0.6) is 0 Å². The Labute approximate surface area is 89.6 Å². The van der Waals surface area contributed by atoms with Gasteiger partial charge in [0.15, 0.2) is 0 Å². The average Bonchev–Trinajstić information content (AvgIpc) is 2.72. The minimum Gasteiger partial charge on any atom is -0.303 e. The first-order valence-electron chi connectivity index (χ1n) is 5.53. The zero-order valence-electron chi connectivity index (χ0n) is 8.90. The number of fused-ring (bicyclic) bond motifs is 3. The summed E-state index contributed by atoms with van der Waals surface area (Å²) in [6, 6.07) is 8.60. The van der Waals surface area contributed by atoms with E-state index < -0.39 is 0 Å². The Morgan fingerprint density at radius 2 is 2.13 bits per heavy atom. The summed E-state index contributed by atoms with van der Waals surface area (Å²) in [6.07, 6.45) is 5.27. The number of imidazole rings is 1. The molecule has 1 aliphatic rings. The first-order valence-corrected chi connectivity index (χ1v) is 5.53. The molecule has 0 saturated heterocycles. The first kappa shape index (κ1) is 8.72. The smallest absolute Gasteiger partial charge is 0.0997 e. The maximum absolute atomic E-state index is 4.48. The lowest BCUT2D eigenvalue weighted by Gasteiger charge is -2.19. The summed E-state index contributed by atoms with van der Waals surface area (Å²) in [6.45, 7) is 2.17. The molecule has 0 aliphatic carbocycles. The van der Waals surface area contributed by atoms with Crippen molar-refractivity contribution in [3.8, 4) is 5.69 Å². The van der Waals surface area contributed by atoms with Crippen LogP contribution in [-0.4, -0.2) is 9.55 Å². The standard InChI is InChI=1S/C13H14N2/c1-2-11-13-8-7-10-5-3-4-6-12(10)15(13)9-14-11/h3-6,9H,2,7-8H2,1H3. The number of aryl methyl sites for hydroxylation is 2. The summed E-state index contributed by atoms with van der Waals surface area (Å²) < 4.78 is 2.25. The molecule has 2 nitrogen and oxygen atoms in total. The largest absolute Gasteiger partial charge is 0.303 e. The number of nitrogens with zero attached hydrogens (tertiary/aromatic N) is 2. The van der Waals surface area contributed by atoms with E-state index in [0.29, 0.717) is 0 Å². The molecular formula is C13H14N2. The fourth-order valence-electron chi connectivity index (χ4n) is 2.39. The number of hydrogen-bond donors (Lipinski definition) is 0. The van der Waals surface area contributed by atoms with Gasteiger partial charge in [0.05, 0.1) is 12.0 Å². The van der Waals surface area contributed by atoms with E-state index in [2.05, 4.69) is 40.7 Å². The minimum atomic E-state index is 1.03. The number of para-hydroxylation sites is 1. The highest BCUT2D eigenvalue weighted by Crippen LogP contribution is 2.26. The molecule has 2 heteroatoms. The van der Waals surface area contributed by atoms with Gasteiger partial charge >= 0.3 is 0 Å². The third kappa shape index (κ3) is 1.21. The molecule has 0 spiro atoms. The SMILES string of the molecule is CCc1ncn2c1CCc1ccccc1-2. The van der Waals surface area contributed by atoms with E-state index in [1.807, 2.05) is 6.33 Å². The Hall–Kier alpha value is -1.57. The van der Waals surface area contributed by atoms with Crippen LogP contribution in [0.4, 0.5) is 0 Å². The van der Waals surface area contributed by atoms with Crippen molar-refractivity contribution in [3.05, 3.63) is 47.5 Å². The summed E-state index contributed by atoms with van der Waals surface area (Å²) >= 11 is 0. The van der Waals surface area contributed by atoms with Gasteiger partial charge in [-0.15, -0.1) is 0 Å². The molecule has 1 aromatic heterocycles. The third-order valence-electron chi connectivity index (χ3n) is 3.17. The lowest BCUT2D eigenvalue weighted by atomic mass is 10.0. The molecule has 2 aromatic rings. The van der Waals surface area contributed by atoms with Crippen molar-refractivity contribution in [3.63, 3.8) is 0 Å². The Kier molecular flexibility index (Phi) is 1.88. The van der Waals surface area contributed by atoms with Crippen LogP contribution in [0.1, 0.15) is 23.9 Å². The summed E-state index contributed by atoms with van der Waals surface area (Å²) in [5.41, 5.74) is 5.40. The van der Waals surface area contributed by atoms with E-state index in [1.165, 1.54) is 22.6 Å². The Morgan fingerprint density at radius 3 is 3.00 bits per heavy atom. The zero-order chi connectivity index (χ0) is 10.3. The Bertz CT molecular complexity index is 497. The fraction of sp³-hybridized carbons (Fsp3) is 0.308. The van der Waals surface area contributed by atoms with Crippen LogP contribution in [0.15, 0.2) is 30.6 Å². The highest BCUT2D eigenvalue weighted by atomic mass is 15.1. The van der Waals surface area contributed by atoms with Crippen molar-refractivity contribution in [1.29, 1.82) is 0 Å². The predicted molar refractivity (Wildman–Crippen MR) is 60.4 cm³/mol. The summed E-state index contributed by atoms with van der Waals surface area (Å²) in [7, 11) is 0. The molecule has 0 bridgehead atoms. The molecule has 76 valence electrons. The monoisotopic (exact) mass is 198 g/mol. The van der Waals surface area contributed by atoms with Gasteiger partial charge in [0.1, 0.15) is 0 Å². The number of hydrogen-bond acceptors (Lipinski definition) is 1. The van der Waals surface area contributed by atoms with E-state index in [1.54, 1.807) is 0 Å². The second-order valence-corrected chi connectivity index (χ2v) is 3.99. The highest BCUT2D eigenvalue weighted by molar-refractivity contribution is 5.46. The van der Waals surface area contributed by atoms with Crippen molar-refractivity contribution in [1.82, 2.24) is 9.55 Å². The average molecular weight is 198 g/mol. The minimum absolute atomic E-state index is 1.03. The van der Waals surface area contributed by atoms with Crippen LogP contribution in [0.2, 0.25) is 0 Å². The molecule has 0 saturated carbocycles. The van der Waals surface area contributed by atoms with Crippen LogP contribution in [0.25, 0.3) is 5.69 Å². The van der Waals surface area contributed by atoms with Crippen LogP contribution in [0, 0.1) is 0 Å². The first-order chi connectivity index (χ1) is 7.40. The maximum Gasteiger partial charge on any atom is 0.0997 e. The number of aromatic nitrogens is 2. The molecule has 2 heterocycles. The molecule has 15 heavy (non-hydrogen) atoms. The molecule has 0 atom stereocenters. The van der Waals surface area contributed by atoms with Crippen LogP contribution < -0.4 is 0 Å². The van der Waals surface area contributed by atoms with Gasteiger partial charge in [-0.2, -0.15) is 0 Å². The quantitative estimate of drug-likeness (QED) is 0.688. The highest BCUT2D eigenvalue weighted by Gasteiger charge is 2.17. The Balaban J connectivity index is 2.22. The second kappa shape index (κ2) is 3.23. The molecule has 1 aromatic carbocycles. The van der Waals surface area contributed by atoms with Gasteiger partial charge in [0.25, 0.3) is 0 Å². The molecule has 0 amide bonds. The van der Waals surface area contributed by atoms with Gasteiger partial charge in [-0.3, -0.25) is 0 Å². The van der Waals surface area contributed by atoms with E-state index in [9.17, 15) is 0 Å². The predicted octanol–water partition coefficient (Wildman–Crippen LogP) is 2.53. The van der Waals surface area contributed by atoms with E-state index >= 15 is 0 Å². The molecule has 3 rings (SSSR count). The normalized spacial score (nSPS) is 13.4. The van der Waals surface area contributed by atoms with Gasteiger partial charge in [0, 0.05) is 11.4 Å². The van der Waals surface area contributed by atoms with Crippen molar-refractivity contribution in [2.24, 2.45) is 0 Å². The molecule has 1 aliphatic heterocycles. The van der Waals surface area contributed by atoms with Gasteiger partial charge in [0.2, 0.25) is 0 Å². The summed E-state index contributed by atoms with van der Waals surface area (Å²) in [4.78, 5) is 4.48. The van der Waals surface area contributed by atoms with E-state index in [0.717, 1.165) is 19.3 Å². The van der Waals surface area contributed by atoms with Crippen molar-refractivity contribution in [2.75, 3.05) is 0 Å². The summed E-state index contributed by atoms with van der Waals surface area (Å²) in [5.74, 6) is 0. The topological polar surface area (TPSA) is 17.8 Å². The van der Waals surface area contributed by atoms with Gasteiger partial charge in [-0.1, -0.05) is 25.1 Å². The number of rotatable bonds is 1. The van der Waals surface area contributed by atoms with E-state index in [-0.39, 0.29) is 0 Å². The Morgan fingerprint density at radius 1 is 1.27 bits per heavy atom. The van der Waals surface area contributed by atoms with Crippen LogP contribution in [0.3, 0.4) is 0 Å². The second-order valence-electron chi connectivity index (χ2n) is 3.99. The van der Waals surface area contributed by atoms with Gasteiger partial charge in [-0.05, 0) is 30.9 Å². The number of benzene rings is 1. The van der Waals surface area contributed by atoms with Crippen LogP contribution >= 0.6 is 0 Å². The third-order valence-corrected chi connectivity index (χ3v) is 3.17. The van der Waals surface area contributed by atoms with Crippen molar-refractivity contribution in [2.45, 2.75) is 26.2 Å². The maximum atomic E-state index is 4.48. The van der Waals surface area contributed by atoms with Crippen LogP contribution in [-0.2, 0) is 19.3 Å². The van der Waals surface area contributed by atoms with Crippen molar-refractivity contribution < 1.29 is 0 Å². The van der Waals surface area contributed by atoms with Gasteiger partial charge < -0.3 is 4.57 Å². The molecular weight excluding hydrogens is 184 g/mol. The zero-order valence-corrected chi connectivity index (χ0v) is 8.90. The van der Waals surface area contributed by atoms with E-state index in [4.69, 9.17) is 0 Å². The molecule has 0 N–H and O–H groups in total. The molecule has 0 radical (unpaired) electrons. The summed E-state index contributed by atoms with van der Waals surface area (Å²) in [5, 5.41) is 0. The van der Waals surface area contributed by atoms with Gasteiger partial charge in [-0.25, -0.2) is 4.98 Å². The van der Waals surface area contributed by atoms with Crippen molar-refractivity contribution >= 4 is 0 Å². The lowest BCUT2D eigenvalue weighted by Crippen LogP contribution is -2.11. The fourth-order valence-corrected chi connectivity index (χ4v) is 2.39.